The minimum Gasteiger partial charge on any atom is -0.311 e. The first-order valence-corrected chi connectivity index (χ1v) is 21.8. The predicted molar refractivity (Wildman–Crippen MR) is 240 cm³/mol. The summed E-state index contributed by atoms with van der Waals surface area (Å²) in [5.74, 6) is 0. The largest absolute Gasteiger partial charge is 0.311 e. The van der Waals surface area contributed by atoms with Crippen molar-refractivity contribution in [1.82, 2.24) is 0 Å². The second-order valence-electron chi connectivity index (χ2n) is 17.9. The summed E-state index contributed by atoms with van der Waals surface area (Å²) in [5, 5.41) is 5.83. The van der Waals surface area contributed by atoms with Gasteiger partial charge < -0.3 is 9.80 Å². The maximum Gasteiger partial charge on any atom is 0.251 e. The van der Waals surface area contributed by atoms with E-state index in [4.69, 9.17) is 0 Å². The lowest BCUT2D eigenvalue weighted by atomic mass is 9.33. The number of anilines is 6. The Morgan fingerprint density at radius 2 is 0.818 bits per heavy atom. The first kappa shape index (κ1) is 34.0. The van der Waals surface area contributed by atoms with Crippen molar-refractivity contribution in [1.29, 1.82) is 0 Å². The lowest BCUT2D eigenvalue weighted by Crippen LogP contribution is -2.88. The topological polar surface area (TPSA) is 6.48 Å². The van der Waals surface area contributed by atoms with Crippen molar-refractivity contribution in [3.8, 4) is 0 Å². The SMILES string of the molecule is Cc1cc2c3c(c1)N(c1ccc(C(C)(C)C)cc1)c1cccc4c1B3c1c(cccc1[Si]4(c1ccccc1)c1ccccc1)N2c1ccc(C(C)(C)C)cc1. The van der Waals surface area contributed by atoms with E-state index in [2.05, 4.69) is 216 Å². The van der Waals surface area contributed by atoms with Gasteiger partial charge in [0.05, 0.1) is 0 Å². The molecule has 10 rings (SSSR count). The molecule has 0 fully saturated rings. The second kappa shape index (κ2) is 12.0. The van der Waals surface area contributed by atoms with Crippen molar-refractivity contribution in [2.24, 2.45) is 0 Å². The highest BCUT2D eigenvalue weighted by Crippen LogP contribution is 2.45. The molecule has 0 atom stereocenters. The van der Waals surface area contributed by atoms with E-state index in [1.807, 2.05) is 0 Å². The van der Waals surface area contributed by atoms with Crippen LogP contribution in [-0.4, -0.2) is 14.8 Å². The van der Waals surface area contributed by atoms with Crippen LogP contribution in [0.2, 0.25) is 0 Å². The highest BCUT2D eigenvalue weighted by molar-refractivity contribution is 7.27. The maximum atomic E-state index is 2.59. The fourth-order valence-corrected chi connectivity index (χ4v) is 15.3. The molecule has 0 aromatic heterocycles. The van der Waals surface area contributed by atoms with E-state index < -0.39 is 8.07 Å². The van der Waals surface area contributed by atoms with Crippen molar-refractivity contribution in [3.05, 3.63) is 174 Å². The van der Waals surface area contributed by atoms with Gasteiger partial charge in [0.25, 0.3) is 6.71 Å². The molecule has 55 heavy (non-hydrogen) atoms. The molecule has 0 radical (unpaired) electrons. The van der Waals surface area contributed by atoms with Gasteiger partial charge in [-0.15, -0.1) is 0 Å². The van der Waals surface area contributed by atoms with E-state index in [-0.39, 0.29) is 17.5 Å². The Kier molecular flexibility index (Phi) is 7.38. The zero-order valence-corrected chi connectivity index (χ0v) is 34.0. The summed E-state index contributed by atoms with van der Waals surface area (Å²) >= 11 is 0. The summed E-state index contributed by atoms with van der Waals surface area (Å²) in [4.78, 5) is 5.17. The molecule has 0 bridgehead atoms. The van der Waals surface area contributed by atoms with Gasteiger partial charge in [-0.05, 0) is 120 Å². The molecule has 0 saturated heterocycles. The van der Waals surface area contributed by atoms with Crippen molar-refractivity contribution in [2.45, 2.75) is 59.3 Å². The summed E-state index contributed by atoms with van der Waals surface area (Å²) in [7, 11) is -2.85. The molecule has 268 valence electrons. The van der Waals surface area contributed by atoms with Crippen molar-refractivity contribution < 1.29 is 0 Å². The highest BCUT2D eigenvalue weighted by atomic mass is 28.3. The molecule has 0 aliphatic carbocycles. The number of hydrogen-bond acceptors (Lipinski definition) is 2. The summed E-state index contributed by atoms with van der Waals surface area (Å²) in [6.07, 6.45) is 0. The molecule has 0 N–H and O–H groups in total. The standard InChI is InChI=1S/C51H47BN2Si/c1-34-32-43-47-44(33-34)54(38-30-26-36(27-31-38)51(5,6)7)42-21-15-23-46-49(42)52(47)48-41(53(43)37-28-24-35(25-29-37)50(2,3)4)20-14-22-45(48)55(46,39-16-10-8-11-17-39)40-18-12-9-13-19-40/h8-33H,1-7H3. The zero-order valence-electron chi connectivity index (χ0n) is 33.0. The van der Waals surface area contributed by atoms with Crippen LogP contribution in [0.15, 0.2) is 158 Å². The molecular weight excluding hydrogens is 679 g/mol. The van der Waals surface area contributed by atoms with E-state index in [0.717, 1.165) is 0 Å². The van der Waals surface area contributed by atoms with E-state index in [1.165, 1.54) is 87.9 Å². The minimum atomic E-state index is -2.85. The summed E-state index contributed by atoms with van der Waals surface area (Å²) in [5.41, 5.74) is 15.9. The Labute approximate surface area is 328 Å². The van der Waals surface area contributed by atoms with Crippen LogP contribution in [0, 0.1) is 6.92 Å². The number of hydrogen-bond donors (Lipinski definition) is 0. The Bertz CT molecular complexity index is 2440. The molecule has 3 aliphatic rings. The monoisotopic (exact) mass is 726 g/mol. The predicted octanol–water partition coefficient (Wildman–Crippen LogP) is 8.36. The average Bonchev–Trinajstić information content (AvgIpc) is 3.18. The molecule has 7 aromatic rings. The van der Waals surface area contributed by atoms with Gasteiger partial charge in [-0.25, -0.2) is 0 Å². The number of rotatable bonds is 4. The van der Waals surface area contributed by atoms with Crippen molar-refractivity contribution in [2.75, 3.05) is 9.80 Å². The molecule has 3 heterocycles. The lowest BCUT2D eigenvalue weighted by molar-refractivity contribution is 0.590. The molecule has 0 unspecified atom stereocenters. The Hall–Kier alpha value is -5.58. The van der Waals surface area contributed by atoms with Gasteiger partial charge in [-0.3, -0.25) is 0 Å². The van der Waals surface area contributed by atoms with E-state index in [9.17, 15) is 0 Å². The second-order valence-corrected chi connectivity index (χ2v) is 21.6. The highest BCUT2D eigenvalue weighted by Gasteiger charge is 2.56. The fourth-order valence-electron chi connectivity index (χ4n) is 9.96. The molecular formula is C51H47BN2Si. The smallest absolute Gasteiger partial charge is 0.251 e. The van der Waals surface area contributed by atoms with Crippen LogP contribution < -0.4 is 46.9 Å². The zero-order chi connectivity index (χ0) is 37.9. The van der Waals surface area contributed by atoms with Crippen LogP contribution in [-0.2, 0) is 10.8 Å². The first-order chi connectivity index (χ1) is 26.5. The quantitative estimate of drug-likeness (QED) is 0.168. The van der Waals surface area contributed by atoms with Gasteiger partial charge in [0.1, 0.15) is 0 Å². The third-order valence-corrected chi connectivity index (χ3v) is 17.4. The summed E-state index contributed by atoms with van der Waals surface area (Å²) < 4.78 is 0. The van der Waals surface area contributed by atoms with E-state index in [1.54, 1.807) is 0 Å². The number of nitrogens with zero attached hydrogens (tertiary/aromatic N) is 2. The average molecular weight is 727 g/mol. The van der Waals surface area contributed by atoms with Gasteiger partial charge >= 0.3 is 0 Å². The van der Waals surface area contributed by atoms with Crippen LogP contribution in [0.5, 0.6) is 0 Å². The van der Waals surface area contributed by atoms with E-state index in [0.29, 0.717) is 0 Å². The van der Waals surface area contributed by atoms with Gasteiger partial charge in [0.15, 0.2) is 8.07 Å². The van der Waals surface area contributed by atoms with Crippen LogP contribution >= 0.6 is 0 Å². The van der Waals surface area contributed by atoms with Crippen LogP contribution in [0.3, 0.4) is 0 Å². The fraction of sp³-hybridized carbons (Fsp3) is 0.176. The molecule has 4 heteroatoms. The number of aryl methyl sites for hydroxylation is 1. The molecule has 0 spiro atoms. The van der Waals surface area contributed by atoms with Crippen molar-refractivity contribution >= 4 is 86.0 Å². The van der Waals surface area contributed by atoms with Crippen molar-refractivity contribution in [3.63, 3.8) is 0 Å². The Morgan fingerprint density at radius 1 is 0.418 bits per heavy atom. The molecule has 7 aromatic carbocycles. The van der Waals surface area contributed by atoms with E-state index >= 15 is 0 Å². The Morgan fingerprint density at radius 3 is 1.20 bits per heavy atom. The van der Waals surface area contributed by atoms with Crippen LogP contribution in [0.4, 0.5) is 34.1 Å². The molecule has 0 amide bonds. The lowest BCUT2D eigenvalue weighted by Gasteiger charge is -2.51. The summed E-state index contributed by atoms with van der Waals surface area (Å²) in [6, 6.07) is 60.9. The number of benzene rings is 7. The summed E-state index contributed by atoms with van der Waals surface area (Å²) in [6.45, 7) is 16.2. The molecule has 3 aliphatic heterocycles. The van der Waals surface area contributed by atoms with Crippen LogP contribution in [0.1, 0.15) is 58.2 Å². The van der Waals surface area contributed by atoms with Crippen LogP contribution in [0.25, 0.3) is 0 Å². The first-order valence-electron chi connectivity index (χ1n) is 19.8. The molecule has 0 saturated carbocycles. The third-order valence-electron chi connectivity index (χ3n) is 12.5. The van der Waals surface area contributed by atoms with Gasteiger partial charge in [0.2, 0.25) is 0 Å². The van der Waals surface area contributed by atoms with Gasteiger partial charge in [-0.2, -0.15) is 0 Å². The van der Waals surface area contributed by atoms with Gasteiger partial charge in [-0.1, -0.05) is 151 Å². The molecule has 2 nitrogen and oxygen atoms in total. The third kappa shape index (κ3) is 4.87. The minimum absolute atomic E-state index is 0.0691. The normalized spacial score (nSPS) is 14.9. The van der Waals surface area contributed by atoms with Gasteiger partial charge in [0, 0.05) is 34.1 Å². The Balaban J connectivity index is 1.36. The maximum absolute atomic E-state index is 2.85.